The minimum absolute atomic E-state index is 0.403. The van der Waals surface area contributed by atoms with Crippen molar-refractivity contribution in [3.8, 4) is 5.75 Å². The highest BCUT2D eigenvalue weighted by Gasteiger charge is 2.18. The van der Waals surface area contributed by atoms with E-state index in [0.29, 0.717) is 24.7 Å². The van der Waals surface area contributed by atoms with Gasteiger partial charge in [0, 0.05) is 38.4 Å². The zero-order valence-electron chi connectivity index (χ0n) is 17.4. The van der Waals surface area contributed by atoms with Gasteiger partial charge >= 0.3 is 6.09 Å². The van der Waals surface area contributed by atoms with Crippen LogP contribution in [0.3, 0.4) is 0 Å². The second kappa shape index (κ2) is 10.7. The van der Waals surface area contributed by atoms with Gasteiger partial charge in [-0.1, -0.05) is 30.3 Å². The molecule has 29 heavy (non-hydrogen) atoms. The van der Waals surface area contributed by atoms with Crippen LogP contribution in [0.1, 0.15) is 18.9 Å². The summed E-state index contributed by atoms with van der Waals surface area (Å²) in [6.07, 6.45) is 0.381. The lowest BCUT2D eigenvalue weighted by Gasteiger charge is -2.36. The number of amides is 1. The Morgan fingerprint density at radius 3 is 2.52 bits per heavy atom. The van der Waals surface area contributed by atoms with Crippen LogP contribution in [0, 0.1) is 6.92 Å². The van der Waals surface area contributed by atoms with Crippen molar-refractivity contribution in [1.82, 2.24) is 4.90 Å². The molecule has 2 aromatic carbocycles. The number of rotatable bonds is 8. The van der Waals surface area contributed by atoms with Crippen LogP contribution in [0.15, 0.2) is 48.5 Å². The molecule has 0 radical (unpaired) electrons. The Kier molecular flexibility index (Phi) is 7.76. The molecule has 0 unspecified atom stereocenters. The summed E-state index contributed by atoms with van der Waals surface area (Å²) in [5.74, 6) is 0.651. The number of ether oxygens (including phenoxy) is 2. The second-order valence-corrected chi connectivity index (χ2v) is 7.16. The molecular weight excluding hydrogens is 366 g/mol. The standard InChI is InChI=1S/C23H31N3O3/c1-3-28-22-12-7-5-10-20(22)24-23(27)29-18-8-13-25-14-16-26(17-15-25)21-11-6-4-9-19(21)2/h4-7,9-12H,3,8,13-18H2,1-2H3,(H,24,27). The molecular formula is C23H31N3O3. The van der Waals surface area contributed by atoms with Gasteiger partial charge in [0.1, 0.15) is 5.75 Å². The maximum Gasteiger partial charge on any atom is 0.411 e. The Morgan fingerprint density at radius 1 is 1.03 bits per heavy atom. The normalized spacial score (nSPS) is 14.5. The number of para-hydroxylation sites is 3. The topological polar surface area (TPSA) is 54.0 Å². The fourth-order valence-electron chi connectivity index (χ4n) is 3.58. The third-order valence-corrected chi connectivity index (χ3v) is 5.10. The van der Waals surface area contributed by atoms with Crippen LogP contribution in [0.25, 0.3) is 0 Å². The van der Waals surface area contributed by atoms with Gasteiger partial charge in [-0.3, -0.25) is 10.2 Å². The van der Waals surface area contributed by atoms with Crippen LogP contribution in [0.5, 0.6) is 5.75 Å². The maximum absolute atomic E-state index is 12.0. The van der Waals surface area contributed by atoms with E-state index in [2.05, 4.69) is 46.3 Å². The summed E-state index contributed by atoms with van der Waals surface area (Å²) in [7, 11) is 0. The first kappa shape index (κ1) is 21.0. The molecule has 2 aromatic rings. The largest absolute Gasteiger partial charge is 0.492 e. The lowest BCUT2D eigenvalue weighted by atomic mass is 10.1. The van der Waals surface area contributed by atoms with Gasteiger partial charge in [0.15, 0.2) is 0 Å². The monoisotopic (exact) mass is 397 g/mol. The number of piperazine rings is 1. The Morgan fingerprint density at radius 2 is 1.76 bits per heavy atom. The number of carbonyl (C=O) groups is 1. The third-order valence-electron chi connectivity index (χ3n) is 5.10. The van der Waals surface area contributed by atoms with E-state index in [0.717, 1.165) is 39.1 Å². The predicted molar refractivity (Wildman–Crippen MR) is 117 cm³/mol. The van der Waals surface area contributed by atoms with E-state index >= 15 is 0 Å². The number of nitrogens with zero attached hydrogens (tertiary/aromatic N) is 2. The second-order valence-electron chi connectivity index (χ2n) is 7.16. The molecule has 0 spiro atoms. The van der Waals surface area contributed by atoms with Gasteiger partial charge in [-0.15, -0.1) is 0 Å². The highest BCUT2D eigenvalue weighted by Crippen LogP contribution is 2.24. The minimum Gasteiger partial charge on any atom is -0.492 e. The molecule has 156 valence electrons. The molecule has 1 aliphatic heterocycles. The Bertz CT molecular complexity index is 788. The van der Waals surface area contributed by atoms with E-state index in [-0.39, 0.29) is 0 Å². The summed E-state index contributed by atoms with van der Waals surface area (Å²) in [5, 5.41) is 2.76. The summed E-state index contributed by atoms with van der Waals surface area (Å²) in [5.41, 5.74) is 3.29. The maximum atomic E-state index is 12.0. The van der Waals surface area contributed by atoms with E-state index in [1.165, 1.54) is 11.3 Å². The summed E-state index contributed by atoms with van der Waals surface area (Å²) >= 11 is 0. The molecule has 3 rings (SSSR count). The first-order chi connectivity index (χ1) is 14.2. The highest BCUT2D eigenvalue weighted by molar-refractivity contribution is 5.86. The fourth-order valence-corrected chi connectivity index (χ4v) is 3.58. The SMILES string of the molecule is CCOc1ccccc1NC(=O)OCCCN1CCN(c2ccccc2C)CC1. The van der Waals surface area contributed by atoms with Crippen LogP contribution in [0.2, 0.25) is 0 Å². The molecule has 1 saturated heterocycles. The summed E-state index contributed by atoms with van der Waals surface area (Å²) in [6.45, 7) is 10.1. The lowest BCUT2D eigenvalue weighted by molar-refractivity contribution is 0.151. The number of carbonyl (C=O) groups excluding carboxylic acids is 1. The molecule has 1 aliphatic rings. The minimum atomic E-state index is -0.443. The van der Waals surface area contributed by atoms with Crippen LogP contribution >= 0.6 is 0 Å². The zero-order chi connectivity index (χ0) is 20.5. The van der Waals surface area contributed by atoms with Gasteiger partial charge in [-0.05, 0) is 44.0 Å². The molecule has 1 fully saturated rings. The quantitative estimate of drug-likeness (QED) is 0.678. The first-order valence-corrected chi connectivity index (χ1v) is 10.4. The summed E-state index contributed by atoms with van der Waals surface area (Å²) in [4.78, 5) is 16.9. The Labute approximate surface area is 173 Å². The van der Waals surface area contributed by atoms with Crippen molar-refractivity contribution in [2.45, 2.75) is 20.3 Å². The highest BCUT2D eigenvalue weighted by atomic mass is 16.5. The van der Waals surface area contributed by atoms with Crippen molar-refractivity contribution in [3.63, 3.8) is 0 Å². The Hall–Kier alpha value is -2.73. The van der Waals surface area contributed by atoms with E-state index in [4.69, 9.17) is 9.47 Å². The Balaban J connectivity index is 1.34. The molecule has 0 atom stereocenters. The average Bonchev–Trinajstić information content (AvgIpc) is 2.74. The molecule has 1 N–H and O–H groups in total. The molecule has 0 saturated carbocycles. The number of hydrogen-bond acceptors (Lipinski definition) is 5. The van der Waals surface area contributed by atoms with Crippen molar-refractivity contribution in [2.24, 2.45) is 0 Å². The smallest absolute Gasteiger partial charge is 0.411 e. The van der Waals surface area contributed by atoms with Gasteiger partial charge < -0.3 is 14.4 Å². The van der Waals surface area contributed by atoms with Crippen molar-refractivity contribution in [1.29, 1.82) is 0 Å². The molecule has 1 amide bonds. The average molecular weight is 398 g/mol. The lowest BCUT2D eigenvalue weighted by Crippen LogP contribution is -2.47. The molecule has 0 aromatic heterocycles. The van der Waals surface area contributed by atoms with Crippen molar-refractivity contribution in [2.75, 3.05) is 56.2 Å². The van der Waals surface area contributed by atoms with E-state index in [9.17, 15) is 4.79 Å². The summed E-state index contributed by atoms with van der Waals surface area (Å²) < 4.78 is 10.8. The van der Waals surface area contributed by atoms with Gasteiger partial charge in [-0.2, -0.15) is 0 Å². The number of nitrogens with one attached hydrogen (secondary N) is 1. The molecule has 6 nitrogen and oxygen atoms in total. The van der Waals surface area contributed by atoms with Gasteiger partial charge in [0.05, 0.1) is 18.9 Å². The third kappa shape index (κ3) is 6.12. The first-order valence-electron chi connectivity index (χ1n) is 10.4. The number of aryl methyl sites for hydroxylation is 1. The van der Waals surface area contributed by atoms with Crippen LogP contribution in [0.4, 0.5) is 16.2 Å². The molecule has 1 heterocycles. The number of benzene rings is 2. The molecule has 0 bridgehead atoms. The van der Waals surface area contributed by atoms with E-state index in [1.807, 2.05) is 25.1 Å². The van der Waals surface area contributed by atoms with Crippen molar-refractivity contribution < 1.29 is 14.3 Å². The predicted octanol–water partition coefficient (Wildman–Crippen LogP) is 4.15. The summed E-state index contributed by atoms with van der Waals surface area (Å²) in [6, 6.07) is 15.9. The van der Waals surface area contributed by atoms with Crippen LogP contribution in [-0.2, 0) is 4.74 Å². The van der Waals surface area contributed by atoms with E-state index in [1.54, 1.807) is 6.07 Å². The molecule has 6 heteroatoms. The zero-order valence-corrected chi connectivity index (χ0v) is 17.4. The van der Waals surface area contributed by atoms with Gasteiger partial charge in [0.25, 0.3) is 0 Å². The van der Waals surface area contributed by atoms with Crippen LogP contribution in [-0.4, -0.2) is 56.9 Å². The number of hydrogen-bond donors (Lipinski definition) is 1. The fraction of sp³-hybridized carbons (Fsp3) is 0.435. The van der Waals surface area contributed by atoms with Crippen molar-refractivity contribution >= 4 is 17.5 Å². The number of anilines is 2. The molecule has 0 aliphatic carbocycles. The van der Waals surface area contributed by atoms with Crippen LogP contribution < -0.4 is 15.0 Å². The van der Waals surface area contributed by atoms with Crippen molar-refractivity contribution in [3.05, 3.63) is 54.1 Å². The van der Waals surface area contributed by atoms with E-state index < -0.39 is 6.09 Å². The van der Waals surface area contributed by atoms with Gasteiger partial charge in [0.2, 0.25) is 0 Å². The van der Waals surface area contributed by atoms with Gasteiger partial charge in [-0.25, -0.2) is 4.79 Å².